The second-order valence-electron chi connectivity index (χ2n) is 11.3. The molecule has 0 heterocycles. The quantitative estimate of drug-likeness (QED) is 0.338. The van der Waals surface area contributed by atoms with Gasteiger partial charge in [0.1, 0.15) is 12.6 Å². The van der Waals surface area contributed by atoms with Gasteiger partial charge in [0.2, 0.25) is 21.8 Å². The van der Waals surface area contributed by atoms with Crippen LogP contribution >= 0.6 is 0 Å². The number of nitrogens with one attached hydrogen (secondary N) is 1. The summed E-state index contributed by atoms with van der Waals surface area (Å²) in [7, 11) is -3.93. The van der Waals surface area contributed by atoms with Gasteiger partial charge in [-0.2, -0.15) is 0 Å². The van der Waals surface area contributed by atoms with Crippen LogP contribution in [0.4, 0.5) is 5.69 Å². The standard InChI is InChI=1S/C32H39N3O5S/c1-23-15-17-26(18-16-23)21-34(29(31(38)33-32(3,4)5)19-25-11-8-7-9-12-25)30(37)22-35(41(6,39)40)28-14-10-13-27(20-28)24(2)36/h7-18,20,29H,19,21-22H2,1-6H3,(H,33,38)/t29-/m0/s1. The molecule has 9 heteroatoms. The van der Waals surface area contributed by atoms with E-state index in [1.807, 2.05) is 82.3 Å². The summed E-state index contributed by atoms with van der Waals surface area (Å²) < 4.78 is 26.9. The van der Waals surface area contributed by atoms with Gasteiger partial charge in [-0.3, -0.25) is 18.7 Å². The van der Waals surface area contributed by atoms with E-state index in [4.69, 9.17) is 0 Å². The minimum atomic E-state index is -3.93. The van der Waals surface area contributed by atoms with Crippen molar-refractivity contribution < 1.29 is 22.8 Å². The van der Waals surface area contributed by atoms with Crippen molar-refractivity contribution in [2.45, 2.75) is 59.2 Å². The molecule has 218 valence electrons. The number of rotatable bonds is 11. The number of ketones is 1. The van der Waals surface area contributed by atoms with Gasteiger partial charge in [0.25, 0.3) is 0 Å². The Morgan fingerprint density at radius 3 is 2.07 bits per heavy atom. The average Bonchev–Trinajstić information content (AvgIpc) is 2.89. The summed E-state index contributed by atoms with van der Waals surface area (Å²) in [5.74, 6) is -1.12. The molecule has 8 nitrogen and oxygen atoms in total. The van der Waals surface area contributed by atoms with Gasteiger partial charge in [0.15, 0.2) is 5.78 Å². The van der Waals surface area contributed by atoms with Gasteiger partial charge >= 0.3 is 0 Å². The number of Topliss-reactive ketones (excluding diaryl/α,β-unsaturated/α-hetero) is 1. The highest BCUT2D eigenvalue weighted by Crippen LogP contribution is 2.22. The topological polar surface area (TPSA) is 104 Å². The fourth-order valence-electron chi connectivity index (χ4n) is 4.39. The Balaban J connectivity index is 2.09. The van der Waals surface area contributed by atoms with Crippen LogP contribution in [0.5, 0.6) is 0 Å². The lowest BCUT2D eigenvalue weighted by molar-refractivity contribution is -0.140. The molecule has 41 heavy (non-hydrogen) atoms. The zero-order valence-electron chi connectivity index (χ0n) is 24.5. The first-order chi connectivity index (χ1) is 19.1. The number of hydrogen-bond donors (Lipinski definition) is 1. The number of nitrogens with zero attached hydrogens (tertiary/aromatic N) is 2. The third-order valence-corrected chi connectivity index (χ3v) is 7.60. The van der Waals surface area contributed by atoms with E-state index in [1.54, 1.807) is 18.2 Å². The van der Waals surface area contributed by atoms with Gasteiger partial charge in [0, 0.05) is 24.1 Å². The molecule has 1 atom stereocenters. The van der Waals surface area contributed by atoms with E-state index in [0.29, 0.717) is 5.56 Å². The van der Waals surface area contributed by atoms with E-state index in [2.05, 4.69) is 5.32 Å². The van der Waals surface area contributed by atoms with Crippen molar-refractivity contribution in [1.29, 1.82) is 0 Å². The molecule has 0 aliphatic heterocycles. The van der Waals surface area contributed by atoms with Gasteiger partial charge in [-0.1, -0.05) is 72.3 Å². The third-order valence-electron chi connectivity index (χ3n) is 6.46. The summed E-state index contributed by atoms with van der Waals surface area (Å²) in [5.41, 5.74) is 2.67. The smallest absolute Gasteiger partial charge is 0.244 e. The Labute approximate surface area is 243 Å². The van der Waals surface area contributed by atoms with Gasteiger partial charge in [0.05, 0.1) is 11.9 Å². The number of carbonyl (C=O) groups is 3. The van der Waals surface area contributed by atoms with Crippen LogP contribution in [0.15, 0.2) is 78.9 Å². The number of hydrogen-bond acceptors (Lipinski definition) is 5. The van der Waals surface area contributed by atoms with Crippen LogP contribution < -0.4 is 9.62 Å². The number of amides is 2. The molecule has 3 aromatic carbocycles. The first-order valence-electron chi connectivity index (χ1n) is 13.4. The Hall–Kier alpha value is -3.98. The average molecular weight is 578 g/mol. The number of aryl methyl sites for hydroxylation is 1. The van der Waals surface area contributed by atoms with Crippen molar-refractivity contribution in [3.05, 3.63) is 101 Å². The highest BCUT2D eigenvalue weighted by molar-refractivity contribution is 7.92. The molecule has 0 aliphatic rings. The number of benzene rings is 3. The summed E-state index contributed by atoms with van der Waals surface area (Å²) in [4.78, 5) is 41.3. The van der Waals surface area contributed by atoms with Crippen molar-refractivity contribution in [2.24, 2.45) is 0 Å². The molecule has 2 amide bonds. The molecular weight excluding hydrogens is 538 g/mol. The maximum absolute atomic E-state index is 14.1. The van der Waals surface area contributed by atoms with Gasteiger partial charge in [-0.15, -0.1) is 0 Å². The molecule has 0 fully saturated rings. The number of anilines is 1. The monoisotopic (exact) mass is 577 g/mol. The third kappa shape index (κ3) is 9.28. The minimum absolute atomic E-state index is 0.0965. The second-order valence-corrected chi connectivity index (χ2v) is 13.2. The zero-order chi connectivity index (χ0) is 30.4. The zero-order valence-corrected chi connectivity index (χ0v) is 25.4. The van der Waals surface area contributed by atoms with Crippen molar-refractivity contribution in [3.63, 3.8) is 0 Å². The van der Waals surface area contributed by atoms with E-state index in [-0.39, 0.29) is 30.3 Å². The van der Waals surface area contributed by atoms with Crippen molar-refractivity contribution >= 4 is 33.3 Å². The van der Waals surface area contributed by atoms with Gasteiger partial charge in [-0.25, -0.2) is 8.42 Å². The van der Waals surface area contributed by atoms with Gasteiger partial charge in [-0.05, 0) is 57.9 Å². The first kappa shape index (κ1) is 31.5. The Bertz CT molecular complexity index is 1480. The largest absolute Gasteiger partial charge is 0.350 e. The van der Waals surface area contributed by atoms with Crippen LogP contribution in [-0.4, -0.2) is 55.3 Å². The summed E-state index contributed by atoms with van der Waals surface area (Å²) >= 11 is 0. The molecule has 0 saturated carbocycles. The summed E-state index contributed by atoms with van der Waals surface area (Å²) in [6, 6.07) is 22.3. The minimum Gasteiger partial charge on any atom is -0.350 e. The van der Waals surface area contributed by atoms with E-state index in [0.717, 1.165) is 27.3 Å². The fourth-order valence-corrected chi connectivity index (χ4v) is 5.23. The molecule has 1 N–H and O–H groups in total. The molecule has 3 aromatic rings. The SMILES string of the molecule is CC(=O)c1cccc(N(CC(=O)N(Cc2ccc(C)cc2)[C@@H](Cc2ccccc2)C(=O)NC(C)(C)C)S(C)(=O)=O)c1. The fraction of sp³-hybridized carbons (Fsp3) is 0.344. The molecule has 3 rings (SSSR count). The highest BCUT2D eigenvalue weighted by Gasteiger charge is 2.34. The van der Waals surface area contributed by atoms with Crippen molar-refractivity contribution in [3.8, 4) is 0 Å². The Morgan fingerprint density at radius 1 is 0.878 bits per heavy atom. The highest BCUT2D eigenvalue weighted by atomic mass is 32.2. The maximum atomic E-state index is 14.1. The molecular formula is C32H39N3O5S. The summed E-state index contributed by atoms with van der Waals surface area (Å²) in [6.07, 6.45) is 1.25. The maximum Gasteiger partial charge on any atom is 0.244 e. The molecule has 0 bridgehead atoms. The van der Waals surface area contributed by atoms with Gasteiger partial charge < -0.3 is 10.2 Å². The number of carbonyl (C=O) groups excluding carboxylic acids is 3. The Kier molecular flexibility index (Phi) is 10.1. The summed E-state index contributed by atoms with van der Waals surface area (Å²) in [5, 5.41) is 3.00. The van der Waals surface area contributed by atoms with Crippen LogP contribution in [0.3, 0.4) is 0 Å². The van der Waals surface area contributed by atoms with Crippen molar-refractivity contribution in [2.75, 3.05) is 17.1 Å². The second kappa shape index (κ2) is 13.1. The number of sulfonamides is 1. The van der Waals surface area contributed by atoms with E-state index < -0.39 is 34.1 Å². The Morgan fingerprint density at radius 2 is 1.51 bits per heavy atom. The van der Waals surface area contributed by atoms with E-state index in [1.165, 1.54) is 17.9 Å². The van der Waals surface area contributed by atoms with Crippen molar-refractivity contribution in [1.82, 2.24) is 10.2 Å². The molecule has 0 unspecified atom stereocenters. The van der Waals surface area contributed by atoms with E-state index in [9.17, 15) is 22.8 Å². The van der Waals surface area contributed by atoms with Crippen LogP contribution in [0.1, 0.15) is 54.7 Å². The van der Waals surface area contributed by atoms with Crippen LogP contribution in [0.25, 0.3) is 0 Å². The lowest BCUT2D eigenvalue weighted by Crippen LogP contribution is -2.56. The predicted molar refractivity (Wildman–Crippen MR) is 162 cm³/mol. The summed E-state index contributed by atoms with van der Waals surface area (Å²) in [6.45, 7) is 8.50. The van der Waals surface area contributed by atoms with Crippen LogP contribution in [0, 0.1) is 6.92 Å². The van der Waals surface area contributed by atoms with Crippen LogP contribution in [0.2, 0.25) is 0 Å². The first-order valence-corrected chi connectivity index (χ1v) is 15.3. The molecule has 0 spiro atoms. The van der Waals surface area contributed by atoms with E-state index >= 15 is 0 Å². The molecule has 0 radical (unpaired) electrons. The predicted octanol–water partition coefficient (Wildman–Crippen LogP) is 4.52. The molecule has 0 aromatic heterocycles. The lowest BCUT2D eigenvalue weighted by atomic mass is 10.0. The molecule has 0 aliphatic carbocycles. The molecule has 0 saturated heterocycles. The lowest BCUT2D eigenvalue weighted by Gasteiger charge is -2.35. The normalized spacial score (nSPS) is 12.3. The van der Waals surface area contributed by atoms with Crippen LogP contribution in [-0.2, 0) is 32.6 Å².